The first-order valence-electron chi connectivity index (χ1n) is 5.94. The van der Waals surface area contributed by atoms with Gasteiger partial charge in [-0.15, -0.1) is 0 Å². The molecule has 0 aliphatic carbocycles. The lowest BCUT2D eigenvalue weighted by Crippen LogP contribution is -2.21. The molecule has 1 unspecified atom stereocenters. The quantitative estimate of drug-likeness (QED) is 0.807. The molecule has 0 aliphatic heterocycles. The summed E-state index contributed by atoms with van der Waals surface area (Å²) >= 11 is 0. The van der Waals surface area contributed by atoms with Gasteiger partial charge in [0.25, 0.3) is 0 Å². The minimum Gasteiger partial charge on any atom is -0.328 e. The average molecular weight is 255 g/mol. The largest absolute Gasteiger partial charge is 0.328 e. The second-order valence-electron chi connectivity index (χ2n) is 4.56. The van der Waals surface area contributed by atoms with Gasteiger partial charge in [0.15, 0.2) is 0 Å². The fraction of sp³-hybridized carbons (Fsp3) is 0.538. The van der Waals surface area contributed by atoms with Gasteiger partial charge in [0.2, 0.25) is 0 Å². The Morgan fingerprint density at radius 1 is 1.18 bits per heavy atom. The monoisotopic (exact) mass is 255 g/mol. The molecule has 0 saturated carbocycles. The summed E-state index contributed by atoms with van der Waals surface area (Å²) in [7, 11) is -2.84. The maximum Gasteiger partial charge on any atom is 0.147 e. The van der Waals surface area contributed by atoms with Gasteiger partial charge in [-0.3, -0.25) is 0 Å². The SMILES string of the molecule is CS(=O)(=O)CCCC(N)CCc1ccccc1. The molecule has 4 heteroatoms. The van der Waals surface area contributed by atoms with Crippen LogP contribution < -0.4 is 5.73 Å². The van der Waals surface area contributed by atoms with E-state index in [0.29, 0.717) is 6.42 Å². The highest BCUT2D eigenvalue weighted by Gasteiger charge is 2.06. The van der Waals surface area contributed by atoms with E-state index in [2.05, 4.69) is 12.1 Å². The molecular weight excluding hydrogens is 234 g/mol. The van der Waals surface area contributed by atoms with Crippen molar-refractivity contribution in [2.24, 2.45) is 5.73 Å². The molecule has 0 saturated heterocycles. The van der Waals surface area contributed by atoms with Crippen LogP contribution in [-0.4, -0.2) is 26.5 Å². The maximum atomic E-state index is 11.0. The van der Waals surface area contributed by atoms with E-state index in [0.717, 1.165) is 19.3 Å². The van der Waals surface area contributed by atoms with E-state index in [4.69, 9.17) is 5.73 Å². The van der Waals surface area contributed by atoms with Crippen molar-refractivity contribution in [3.05, 3.63) is 35.9 Å². The van der Waals surface area contributed by atoms with Gasteiger partial charge in [0.1, 0.15) is 9.84 Å². The lowest BCUT2D eigenvalue weighted by molar-refractivity contribution is 0.553. The highest BCUT2D eigenvalue weighted by atomic mass is 32.2. The molecule has 1 rings (SSSR count). The molecule has 0 bridgehead atoms. The topological polar surface area (TPSA) is 60.2 Å². The Kier molecular flexibility index (Phi) is 5.65. The lowest BCUT2D eigenvalue weighted by atomic mass is 10.0. The summed E-state index contributed by atoms with van der Waals surface area (Å²) in [6, 6.07) is 10.3. The molecule has 1 aromatic rings. The summed E-state index contributed by atoms with van der Waals surface area (Å²) in [4.78, 5) is 0. The molecule has 0 aromatic heterocycles. The van der Waals surface area contributed by atoms with E-state index in [1.54, 1.807) is 0 Å². The molecule has 3 nitrogen and oxygen atoms in total. The first-order valence-corrected chi connectivity index (χ1v) is 8.00. The standard InChI is InChI=1S/C13H21NO2S/c1-17(15,16)11-5-8-13(14)10-9-12-6-3-2-4-7-12/h2-4,6-7,13H,5,8-11,14H2,1H3. The third kappa shape index (κ3) is 7.13. The van der Waals surface area contributed by atoms with Crippen LogP contribution in [0.25, 0.3) is 0 Å². The molecule has 2 N–H and O–H groups in total. The Morgan fingerprint density at radius 2 is 1.82 bits per heavy atom. The van der Waals surface area contributed by atoms with Gasteiger partial charge in [-0.1, -0.05) is 30.3 Å². The number of benzene rings is 1. The second kappa shape index (κ2) is 6.77. The zero-order chi connectivity index (χ0) is 12.7. The van der Waals surface area contributed by atoms with Crippen molar-refractivity contribution in [1.29, 1.82) is 0 Å². The van der Waals surface area contributed by atoms with Gasteiger partial charge in [-0.25, -0.2) is 8.42 Å². The summed E-state index contributed by atoms with van der Waals surface area (Å²) < 4.78 is 21.9. The van der Waals surface area contributed by atoms with Crippen molar-refractivity contribution in [3.63, 3.8) is 0 Å². The highest BCUT2D eigenvalue weighted by Crippen LogP contribution is 2.07. The highest BCUT2D eigenvalue weighted by molar-refractivity contribution is 7.90. The zero-order valence-electron chi connectivity index (χ0n) is 10.3. The first kappa shape index (κ1) is 14.2. The number of sulfone groups is 1. The van der Waals surface area contributed by atoms with Gasteiger partial charge in [0, 0.05) is 18.1 Å². The molecule has 1 atom stereocenters. The fourth-order valence-corrected chi connectivity index (χ4v) is 2.44. The van der Waals surface area contributed by atoms with E-state index < -0.39 is 9.84 Å². The van der Waals surface area contributed by atoms with Crippen molar-refractivity contribution in [2.75, 3.05) is 12.0 Å². The number of rotatable bonds is 7. The minimum absolute atomic E-state index is 0.0944. The van der Waals surface area contributed by atoms with Crippen LogP contribution in [0.1, 0.15) is 24.8 Å². The number of nitrogens with two attached hydrogens (primary N) is 1. The van der Waals surface area contributed by atoms with Crippen LogP contribution in [0.4, 0.5) is 0 Å². The van der Waals surface area contributed by atoms with Crippen LogP contribution in [0, 0.1) is 0 Å². The molecule has 1 aromatic carbocycles. The van der Waals surface area contributed by atoms with Crippen LogP contribution in [-0.2, 0) is 16.3 Å². The summed E-state index contributed by atoms with van der Waals surface area (Å²) in [6.45, 7) is 0. The zero-order valence-corrected chi connectivity index (χ0v) is 11.1. The Labute approximate surface area is 104 Å². The third-order valence-corrected chi connectivity index (χ3v) is 3.77. The number of hydrogen-bond acceptors (Lipinski definition) is 3. The van der Waals surface area contributed by atoms with Crippen LogP contribution in [0.3, 0.4) is 0 Å². The molecule has 17 heavy (non-hydrogen) atoms. The van der Waals surface area contributed by atoms with Crippen LogP contribution in [0.15, 0.2) is 30.3 Å². The second-order valence-corrected chi connectivity index (χ2v) is 6.82. The van der Waals surface area contributed by atoms with Crippen molar-refractivity contribution >= 4 is 9.84 Å². The number of hydrogen-bond donors (Lipinski definition) is 1. The minimum atomic E-state index is -2.84. The van der Waals surface area contributed by atoms with Crippen molar-refractivity contribution in [2.45, 2.75) is 31.7 Å². The van der Waals surface area contributed by atoms with Crippen molar-refractivity contribution < 1.29 is 8.42 Å². The Hall–Kier alpha value is -0.870. The Bertz CT molecular complexity index is 414. The van der Waals surface area contributed by atoms with Crippen LogP contribution in [0.5, 0.6) is 0 Å². The van der Waals surface area contributed by atoms with Gasteiger partial charge in [-0.2, -0.15) is 0 Å². The van der Waals surface area contributed by atoms with E-state index in [1.807, 2.05) is 18.2 Å². The summed E-state index contributed by atoms with van der Waals surface area (Å²) in [5.74, 6) is 0.242. The maximum absolute atomic E-state index is 11.0. The predicted octanol–water partition coefficient (Wildman–Crippen LogP) is 1.77. The molecule has 0 fully saturated rings. The van der Waals surface area contributed by atoms with Crippen molar-refractivity contribution in [1.82, 2.24) is 0 Å². The summed E-state index contributed by atoms with van der Waals surface area (Å²) in [5.41, 5.74) is 7.24. The summed E-state index contributed by atoms with van der Waals surface area (Å²) in [5, 5.41) is 0. The smallest absolute Gasteiger partial charge is 0.147 e. The van der Waals surface area contributed by atoms with Gasteiger partial charge >= 0.3 is 0 Å². The predicted molar refractivity (Wildman–Crippen MR) is 71.7 cm³/mol. The van der Waals surface area contributed by atoms with E-state index in [9.17, 15) is 8.42 Å². The fourth-order valence-electron chi connectivity index (χ4n) is 1.75. The molecule has 0 radical (unpaired) electrons. The number of aryl methyl sites for hydroxylation is 1. The molecule has 0 aliphatic rings. The van der Waals surface area contributed by atoms with Gasteiger partial charge in [-0.05, 0) is 31.2 Å². The van der Waals surface area contributed by atoms with Gasteiger partial charge < -0.3 is 5.73 Å². The van der Waals surface area contributed by atoms with E-state index in [1.165, 1.54) is 11.8 Å². The van der Waals surface area contributed by atoms with E-state index >= 15 is 0 Å². The molecule has 0 amide bonds. The third-order valence-electron chi connectivity index (χ3n) is 2.74. The van der Waals surface area contributed by atoms with Crippen molar-refractivity contribution in [3.8, 4) is 0 Å². The van der Waals surface area contributed by atoms with Gasteiger partial charge in [0.05, 0.1) is 0 Å². The Morgan fingerprint density at radius 3 is 2.41 bits per heavy atom. The normalized spacial score (nSPS) is 13.5. The first-order chi connectivity index (χ1) is 7.97. The molecule has 0 spiro atoms. The average Bonchev–Trinajstić information content (AvgIpc) is 2.26. The lowest BCUT2D eigenvalue weighted by Gasteiger charge is -2.10. The Balaban J connectivity index is 2.20. The van der Waals surface area contributed by atoms with Crippen LogP contribution in [0.2, 0.25) is 0 Å². The van der Waals surface area contributed by atoms with E-state index in [-0.39, 0.29) is 11.8 Å². The van der Waals surface area contributed by atoms with Crippen LogP contribution >= 0.6 is 0 Å². The molecule has 0 heterocycles. The molecule has 96 valence electrons. The molecular formula is C13H21NO2S. The summed E-state index contributed by atoms with van der Waals surface area (Å²) in [6.07, 6.45) is 4.58.